The van der Waals surface area contributed by atoms with Crippen molar-refractivity contribution >= 4 is 5.78 Å². The molecular weight excluding hydrogens is 284 g/mol. The lowest BCUT2D eigenvalue weighted by molar-refractivity contribution is -0.138. The van der Waals surface area contributed by atoms with Crippen LogP contribution in [0.2, 0.25) is 0 Å². The fourth-order valence-electron chi connectivity index (χ4n) is 3.35. The van der Waals surface area contributed by atoms with Crippen LogP contribution in [-0.4, -0.2) is 5.78 Å². The van der Waals surface area contributed by atoms with Crippen LogP contribution in [0.5, 0.6) is 0 Å². The summed E-state index contributed by atoms with van der Waals surface area (Å²) in [5.41, 5.74) is -1.58. The number of benzene rings is 1. The zero-order valence-corrected chi connectivity index (χ0v) is 12.0. The van der Waals surface area contributed by atoms with Crippen LogP contribution >= 0.6 is 0 Å². The topological polar surface area (TPSA) is 17.1 Å². The minimum absolute atomic E-state index is 0.297. The van der Waals surface area contributed by atoms with Gasteiger partial charge in [-0.1, -0.05) is 13.8 Å². The number of Topliss-reactive ketones (excluding diaryl/α,β-unsaturated/α-hetero) is 1. The van der Waals surface area contributed by atoms with Crippen LogP contribution < -0.4 is 0 Å². The maximum absolute atomic E-state index is 13.3. The third kappa shape index (κ3) is 3.63. The van der Waals surface area contributed by atoms with Crippen LogP contribution in [0.15, 0.2) is 18.2 Å². The fraction of sp³-hybridized carbons (Fsp3) is 0.562. The molecule has 5 heteroatoms. The van der Waals surface area contributed by atoms with E-state index in [1.807, 2.05) is 13.8 Å². The van der Waals surface area contributed by atoms with Crippen molar-refractivity contribution in [1.29, 1.82) is 0 Å². The molecule has 0 aromatic heterocycles. The molecule has 1 aromatic rings. The molecule has 1 nitrogen and oxygen atoms in total. The molecule has 1 aromatic carbocycles. The average Bonchev–Trinajstić information content (AvgIpc) is 2.35. The van der Waals surface area contributed by atoms with Crippen molar-refractivity contribution in [3.63, 3.8) is 0 Å². The molecule has 116 valence electrons. The predicted molar refractivity (Wildman–Crippen MR) is 71.4 cm³/mol. The molecule has 21 heavy (non-hydrogen) atoms. The van der Waals surface area contributed by atoms with Crippen molar-refractivity contribution in [1.82, 2.24) is 0 Å². The average molecular weight is 302 g/mol. The highest BCUT2D eigenvalue weighted by Gasteiger charge is 2.38. The largest absolute Gasteiger partial charge is 0.417 e. The van der Waals surface area contributed by atoms with Gasteiger partial charge < -0.3 is 0 Å². The van der Waals surface area contributed by atoms with Gasteiger partial charge in [0.25, 0.3) is 0 Å². The van der Waals surface area contributed by atoms with Crippen molar-refractivity contribution < 1.29 is 22.4 Å². The highest BCUT2D eigenvalue weighted by atomic mass is 19.4. The summed E-state index contributed by atoms with van der Waals surface area (Å²) >= 11 is 0. The van der Waals surface area contributed by atoms with E-state index in [2.05, 4.69) is 0 Å². The van der Waals surface area contributed by atoms with Gasteiger partial charge in [0.15, 0.2) is 5.78 Å². The van der Waals surface area contributed by atoms with Gasteiger partial charge in [0.2, 0.25) is 0 Å². The molecule has 1 aliphatic rings. The molecule has 0 spiro atoms. The summed E-state index contributed by atoms with van der Waals surface area (Å²) in [6.07, 6.45) is -2.54. The molecule has 2 rings (SSSR count). The third-order valence-electron chi connectivity index (χ3n) is 4.10. The highest BCUT2D eigenvalue weighted by Crippen LogP contribution is 2.38. The molecule has 2 atom stereocenters. The van der Waals surface area contributed by atoms with Gasteiger partial charge in [0.05, 0.1) is 5.56 Å². The molecule has 2 unspecified atom stereocenters. The Labute approximate surface area is 121 Å². The summed E-state index contributed by atoms with van der Waals surface area (Å²) in [4.78, 5) is 12.4. The Morgan fingerprint density at radius 2 is 1.67 bits per heavy atom. The molecule has 0 saturated heterocycles. The van der Waals surface area contributed by atoms with E-state index < -0.39 is 34.8 Å². The standard InChI is InChI=1S/C16H18F4O/c1-9-5-10(2)7-11(6-9)15(21)13-8-12(17)3-4-14(13)16(18,19)20/h3-4,8-11H,5-7H2,1-2H3. The number of ketones is 1. The molecule has 0 amide bonds. The zero-order chi connectivity index (χ0) is 15.8. The Balaban J connectivity index is 2.36. The quantitative estimate of drug-likeness (QED) is 0.548. The maximum Gasteiger partial charge on any atom is 0.417 e. The Morgan fingerprint density at radius 1 is 1.10 bits per heavy atom. The first-order chi connectivity index (χ1) is 9.68. The molecule has 0 aliphatic heterocycles. The van der Waals surface area contributed by atoms with Gasteiger partial charge in [-0.25, -0.2) is 4.39 Å². The highest BCUT2D eigenvalue weighted by molar-refractivity contribution is 5.99. The first-order valence-corrected chi connectivity index (χ1v) is 7.09. The summed E-state index contributed by atoms with van der Waals surface area (Å²) < 4.78 is 52.3. The van der Waals surface area contributed by atoms with E-state index >= 15 is 0 Å². The van der Waals surface area contributed by atoms with Crippen molar-refractivity contribution in [2.24, 2.45) is 17.8 Å². The first kappa shape index (κ1) is 16.0. The molecule has 1 saturated carbocycles. The van der Waals surface area contributed by atoms with E-state index in [4.69, 9.17) is 0 Å². The lowest BCUT2D eigenvalue weighted by Gasteiger charge is -2.31. The summed E-state index contributed by atoms with van der Waals surface area (Å²) in [5.74, 6) is -1.26. The minimum atomic E-state index is -4.65. The lowest BCUT2D eigenvalue weighted by atomic mass is 9.73. The lowest BCUT2D eigenvalue weighted by Crippen LogP contribution is -2.27. The monoisotopic (exact) mass is 302 g/mol. The summed E-state index contributed by atoms with van der Waals surface area (Å²) in [6, 6.07) is 2.11. The number of carbonyl (C=O) groups is 1. The fourth-order valence-corrected chi connectivity index (χ4v) is 3.35. The zero-order valence-electron chi connectivity index (χ0n) is 12.0. The predicted octanol–water partition coefficient (Wildman–Crippen LogP) is 5.10. The van der Waals surface area contributed by atoms with Crippen LogP contribution in [0.4, 0.5) is 17.6 Å². The summed E-state index contributed by atoms with van der Waals surface area (Å²) in [5, 5.41) is 0. The van der Waals surface area contributed by atoms with Crippen LogP contribution in [0.1, 0.15) is 49.0 Å². The third-order valence-corrected chi connectivity index (χ3v) is 4.10. The van der Waals surface area contributed by atoms with Crippen molar-refractivity contribution in [3.05, 3.63) is 35.1 Å². The number of carbonyl (C=O) groups excluding carboxylic acids is 1. The number of alkyl halides is 3. The summed E-state index contributed by atoms with van der Waals surface area (Å²) in [6.45, 7) is 3.98. The van der Waals surface area contributed by atoms with E-state index in [1.165, 1.54) is 0 Å². The second-order valence-corrected chi connectivity index (χ2v) is 6.17. The second kappa shape index (κ2) is 5.78. The SMILES string of the molecule is CC1CC(C)CC(C(=O)c2cc(F)ccc2C(F)(F)F)C1. The van der Waals surface area contributed by atoms with Gasteiger partial charge in [0, 0.05) is 11.5 Å². The van der Waals surface area contributed by atoms with Crippen LogP contribution in [0.3, 0.4) is 0 Å². The van der Waals surface area contributed by atoms with Gasteiger partial charge in [-0.15, -0.1) is 0 Å². The van der Waals surface area contributed by atoms with E-state index in [0.717, 1.165) is 18.6 Å². The van der Waals surface area contributed by atoms with E-state index in [0.29, 0.717) is 30.7 Å². The summed E-state index contributed by atoms with van der Waals surface area (Å²) in [7, 11) is 0. The molecular formula is C16H18F4O. The molecule has 0 radical (unpaired) electrons. The number of hydrogen-bond donors (Lipinski definition) is 0. The number of rotatable bonds is 2. The molecule has 1 aliphatic carbocycles. The van der Waals surface area contributed by atoms with Crippen LogP contribution in [-0.2, 0) is 6.18 Å². The van der Waals surface area contributed by atoms with Gasteiger partial charge in [0.1, 0.15) is 5.82 Å². The molecule has 0 N–H and O–H groups in total. The van der Waals surface area contributed by atoms with E-state index in [-0.39, 0.29) is 0 Å². The van der Waals surface area contributed by atoms with Crippen molar-refractivity contribution in [3.8, 4) is 0 Å². The van der Waals surface area contributed by atoms with Gasteiger partial charge in [-0.05, 0) is 49.3 Å². The normalized spacial score (nSPS) is 26.7. The Morgan fingerprint density at radius 3 is 2.19 bits per heavy atom. The second-order valence-electron chi connectivity index (χ2n) is 6.17. The van der Waals surface area contributed by atoms with E-state index in [9.17, 15) is 22.4 Å². The van der Waals surface area contributed by atoms with Gasteiger partial charge in [-0.3, -0.25) is 4.79 Å². The van der Waals surface area contributed by atoms with Crippen LogP contribution in [0, 0.1) is 23.6 Å². The Kier molecular flexibility index (Phi) is 4.40. The minimum Gasteiger partial charge on any atom is -0.294 e. The molecule has 0 bridgehead atoms. The van der Waals surface area contributed by atoms with Crippen molar-refractivity contribution in [2.45, 2.75) is 39.3 Å². The Hall–Kier alpha value is -1.39. The molecule has 1 fully saturated rings. The van der Waals surface area contributed by atoms with Crippen molar-refractivity contribution in [2.75, 3.05) is 0 Å². The Bertz CT molecular complexity index is 526. The first-order valence-electron chi connectivity index (χ1n) is 7.09. The molecule has 0 heterocycles. The number of halogens is 4. The maximum atomic E-state index is 13.3. The van der Waals surface area contributed by atoms with E-state index in [1.54, 1.807) is 0 Å². The van der Waals surface area contributed by atoms with Crippen LogP contribution in [0.25, 0.3) is 0 Å². The van der Waals surface area contributed by atoms with Gasteiger partial charge >= 0.3 is 6.18 Å². The van der Waals surface area contributed by atoms with Gasteiger partial charge in [-0.2, -0.15) is 13.2 Å². The number of hydrogen-bond acceptors (Lipinski definition) is 1. The smallest absolute Gasteiger partial charge is 0.294 e.